The summed E-state index contributed by atoms with van der Waals surface area (Å²) in [7, 11) is 3.53. The molecule has 4 heteroatoms. The topological polar surface area (TPSA) is 53.1 Å². The molecule has 1 aromatic rings. The van der Waals surface area contributed by atoms with Gasteiger partial charge in [-0.1, -0.05) is 0 Å². The fourth-order valence-corrected chi connectivity index (χ4v) is 1.49. The van der Waals surface area contributed by atoms with Gasteiger partial charge in [0, 0.05) is 18.7 Å². The van der Waals surface area contributed by atoms with Crippen molar-refractivity contribution in [2.24, 2.45) is 12.8 Å². The van der Waals surface area contributed by atoms with Crippen LogP contribution in [-0.4, -0.2) is 22.9 Å². The molecule has 2 N–H and O–H groups in total. The predicted octanol–water partition coefficient (Wildman–Crippen LogP) is 0.627. The van der Waals surface area contributed by atoms with E-state index in [9.17, 15) is 0 Å². The van der Waals surface area contributed by atoms with Crippen LogP contribution in [0.3, 0.4) is 0 Å². The van der Waals surface area contributed by atoms with Gasteiger partial charge in [0.1, 0.15) is 0 Å². The maximum absolute atomic E-state index is 5.73. The zero-order valence-electron chi connectivity index (χ0n) is 8.66. The highest BCUT2D eigenvalue weighted by atomic mass is 16.5. The maximum Gasteiger partial charge on any atom is 0.214 e. The van der Waals surface area contributed by atoms with Crippen molar-refractivity contribution in [3.63, 3.8) is 0 Å². The number of nitrogens with two attached hydrogens (primary N) is 1. The zero-order chi connectivity index (χ0) is 10.0. The van der Waals surface area contributed by atoms with Gasteiger partial charge in [0.25, 0.3) is 0 Å². The van der Waals surface area contributed by atoms with Crippen LogP contribution in [-0.2, 0) is 13.5 Å². The summed E-state index contributed by atoms with van der Waals surface area (Å²) >= 11 is 0. The molecule has 0 aliphatic heterocycles. The van der Waals surface area contributed by atoms with Crippen molar-refractivity contribution in [3.05, 3.63) is 11.3 Å². The molecular formula is C9H17N3O. The van der Waals surface area contributed by atoms with Crippen LogP contribution in [0.15, 0.2) is 0 Å². The molecule has 0 unspecified atom stereocenters. The average Bonchev–Trinajstić information content (AvgIpc) is 2.26. The Kier molecular flexibility index (Phi) is 2.93. The summed E-state index contributed by atoms with van der Waals surface area (Å²) in [5.74, 6) is 0.815. The molecule has 1 aromatic heterocycles. The summed E-state index contributed by atoms with van der Waals surface area (Å²) < 4.78 is 6.99. The van der Waals surface area contributed by atoms with E-state index in [0.717, 1.165) is 23.6 Å². The lowest BCUT2D eigenvalue weighted by Gasteiger charge is -2.06. The number of rotatable bonds is 3. The van der Waals surface area contributed by atoms with Gasteiger partial charge in [-0.05, 0) is 20.3 Å². The molecule has 0 saturated carbocycles. The quantitative estimate of drug-likeness (QED) is 0.747. The van der Waals surface area contributed by atoms with E-state index < -0.39 is 0 Å². The molecule has 0 spiro atoms. The third kappa shape index (κ3) is 2.01. The molecule has 1 rings (SSSR count). The van der Waals surface area contributed by atoms with E-state index in [4.69, 9.17) is 10.5 Å². The van der Waals surface area contributed by atoms with E-state index in [2.05, 4.69) is 5.10 Å². The Balaban J connectivity index is 3.02. The molecule has 4 nitrogen and oxygen atoms in total. The van der Waals surface area contributed by atoms with Gasteiger partial charge in [-0.3, -0.25) is 0 Å². The number of aryl methyl sites for hydroxylation is 2. The van der Waals surface area contributed by atoms with Gasteiger partial charge in [-0.25, -0.2) is 4.68 Å². The third-order valence-corrected chi connectivity index (χ3v) is 2.01. The van der Waals surface area contributed by atoms with Crippen LogP contribution in [0, 0.1) is 6.92 Å². The Morgan fingerprint density at radius 1 is 1.62 bits per heavy atom. The molecule has 0 amide bonds. The van der Waals surface area contributed by atoms with Crippen LogP contribution < -0.4 is 10.5 Å². The van der Waals surface area contributed by atoms with E-state index in [1.165, 1.54) is 0 Å². The summed E-state index contributed by atoms with van der Waals surface area (Å²) in [6.45, 7) is 3.95. The Hall–Kier alpha value is -1.03. The van der Waals surface area contributed by atoms with Crippen LogP contribution >= 0.6 is 0 Å². The fraction of sp³-hybridized carbons (Fsp3) is 0.667. The lowest BCUT2D eigenvalue weighted by Crippen LogP contribution is -2.18. The largest absolute Gasteiger partial charge is 0.481 e. The minimum absolute atomic E-state index is 0.136. The standard InChI is InChI=1S/C9H17N3O/c1-6(10)5-8-7(2)11-12(3)9(8)13-4/h6H,5,10H2,1-4H3/t6-/m0/s1. The summed E-state index contributed by atoms with van der Waals surface area (Å²) in [6.07, 6.45) is 0.808. The molecule has 0 aliphatic rings. The summed E-state index contributed by atoms with van der Waals surface area (Å²) in [4.78, 5) is 0. The molecule has 1 atom stereocenters. The predicted molar refractivity (Wildman–Crippen MR) is 51.9 cm³/mol. The van der Waals surface area contributed by atoms with Gasteiger partial charge >= 0.3 is 0 Å². The van der Waals surface area contributed by atoms with E-state index >= 15 is 0 Å². The van der Waals surface area contributed by atoms with Crippen LogP contribution in [0.4, 0.5) is 0 Å². The van der Waals surface area contributed by atoms with Crippen LogP contribution in [0.25, 0.3) is 0 Å². The monoisotopic (exact) mass is 183 g/mol. The van der Waals surface area contributed by atoms with Crippen molar-refractivity contribution in [1.29, 1.82) is 0 Å². The smallest absolute Gasteiger partial charge is 0.214 e. The van der Waals surface area contributed by atoms with Gasteiger partial charge in [0.15, 0.2) is 0 Å². The highest BCUT2D eigenvalue weighted by Crippen LogP contribution is 2.21. The number of methoxy groups -OCH3 is 1. The summed E-state index contributed by atoms with van der Waals surface area (Å²) in [5.41, 5.74) is 7.84. The van der Waals surface area contributed by atoms with Gasteiger partial charge in [0.2, 0.25) is 5.88 Å². The minimum Gasteiger partial charge on any atom is -0.481 e. The molecule has 74 valence electrons. The Bertz CT molecular complexity index is 291. The second kappa shape index (κ2) is 3.79. The molecule has 0 fully saturated rings. The first-order chi connectivity index (χ1) is 6.06. The van der Waals surface area contributed by atoms with Crippen molar-refractivity contribution >= 4 is 0 Å². The van der Waals surface area contributed by atoms with E-state index in [1.54, 1.807) is 11.8 Å². The summed E-state index contributed by atoms with van der Waals surface area (Å²) in [5, 5.41) is 4.27. The lowest BCUT2D eigenvalue weighted by atomic mass is 10.1. The number of ether oxygens (including phenoxy) is 1. The second-order valence-electron chi connectivity index (χ2n) is 3.38. The Labute approximate surface area is 78.7 Å². The molecule has 0 radical (unpaired) electrons. The van der Waals surface area contributed by atoms with Crippen molar-refractivity contribution in [1.82, 2.24) is 9.78 Å². The Morgan fingerprint density at radius 3 is 2.69 bits per heavy atom. The molecular weight excluding hydrogens is 166 g/mol. The van der Waals surface area contributed by atoms with E-state index in [1.807, 2.05) is 20.9 Å². The number of hydrogen-bond acceptors (Lipinski definition) is 3. The average molecular weight is 183 g/mol. The van der Waals surface area contributed by atoms with Gasteiger partial charge in [0.05, 0.1) is 12.8 Å². The number of nitrogens with zero attached hydrogens (tertiary/aromatic N) is 2. The second-order valence-corrected chi connectivity index (χ2v) is 3.38. The summed E-state index contributed by atoms with van der Waals surface area (Å²) in [6, 6.07) is 0.136. The fourth-order valence-electron chi connectivity index (χ4n) is 1.49. The van der Waals surface area contributed by atoms with Gasteiger partial charge in [-0.15, -0.1) is 0 Å². The number of hydrogen-bond donors (Lipinski definition) is 1. The van der Waals surface area contributed by atoms with Gasteiger partial charge in [-0.2, -0.15) is 5.10 Å². The molecule has 0 saturated heterocycles. The first kappa shape index (κ1) is 10.1. The van der Waals surface area contributed by atoms with Crippen molar-refractivity contribution in [3.8, 4) is 5.88 Å². The maximum atomic E-state index is 5.73. The normalized spacial score (nSPS) is 13.0. The van der Waals surface area contributed by atoms with E-state index in [-0.39, 0.29) is 6.04 Å². The minimum atomic E-state index is 0.136. The molecule has 0 bridgehead atoms. The SMILES string of the molecule is COc1c(C[C@H](C)N)c(C)nn1C. The van der Waals surface area contributed by atoms with Gasteiger partial charge < -0.3 is 10.5 Å². The van der Waals surface area contributed by atoms with E-state index in [0.29, 0.717) is 0 Å². The van der Waals surface area contributed by atoms with Crippen LogP contribution in [0.5, 0.6) is 5.88 Å². The lowest BCUT2D eigenvalue weighted by molar-refractivity contribution is 0.368. The first-order valence-electron chi connectivity index (χ1n) is 4.38. The molecule has 0 aliphatic carbocycles. The Morgan fingerprint density at radius 2 is 2.23 bits per heavy atom. The van der Waals surface area contributed by atoms with Crippen LogP contribution in [0.2, 0.25) is 0 Å². The number of aromatic nitrogens is 2. The highest BCUT2D eigenvalue weighted by Gasteiger charge is 2.14. The first-order valence-corrected chi connectivity index (χ1v) is 4.38. The molecule has 1 heterocycles. The zero-order valence-corrected chi connectivity index (χ0v) is 8.66. The molecule has 13 heavy (non-hydrogen) atoms. The highest BCUT2D eigenvalue weighted by molar-refractivity contribution is 5.31. The van der Waals surface area contributed by atoms with Crippen molar-refractivity contribution in [2.45, 2.75) is 26.3 Å². The van der Waals surface area contributed by atoms with Crippen molar-refractivity contribution in [2.75, 3.05) is 7.11 Å². The third-order valence-electron chi connectivity index (χ3n) is 2.01. The van der Waals surface area contributed by atoms with Crippen LogP contribution in [0.1, 0.15) is 18.2 Å². The molecule has 0 aromatic carbocycles. The van der Waals surface area contributed by atoms with Crippen molar-refractivity contribution < 1.29 is 4.74 Å².